The van der Waals surface area contributed by atoms with Gasteiger partial charge in [0.1, 0.15) is 5.78 Å². The second-order valence-corrected chi connectivity index (χ2v) is 14.7. The van der Waals surface area contributed by atoms with Gasteiger partial charge in [0.05, 0.1) is 6.10 Å². The third kappa shape index (κ3) is 3.02. The van der Waals surface area contributed by atoms with Gasteiger partial charge in [-0.25, -0.2) is 0 Å². The van der Waals surface area contributed by atoms with Crippen molar-refractivity contribution < 1.29 is 14.7 Å². The molecule has 0 aromatic rings. The largest absolute Gasteiger partial charge is 0.393 e. The summed E-state index contributed by atoms with van der Waals surface area (Å²) in [4.78, 5) is 26.5. The Morgan fingerprint density at radius 2 is 1.52 bits per heavy atom. The van der Waals surface area contributed by atoms with Crippen molar-refractivity contribution in [1.82, 2.24) is 0 Å². The van der Waals surface area contributed by atoms with Gasteiger partial charge < -0.3 is 5.11 Å². The van der Waals surface area contributed by atoms with E-state index in [9.17, 15) is 14.7 Å². The Labute approximate surface area is 201 Å². The summed E-state index contributed by atoms with van der Waals surface area (Å²) in [6.45, 7) is 16.0. The molecule has 0 amide bonds. The first-order valence-electron chi connectivity index (χ1n) is 13.6. The summed E-state index contributed by atoms with van der Waals surface area (Å²) < 4.78 is 0. The summed E-state index contributed by atoms with van der Waals surface area (Å²) in [6, 6.07) is 0. The van der Waals surface area contributed by atoms with Gasteiger partial charge in [0.2, 0.25) is 0 Å². The van der Waals surface area contributed by atoms with Crippen LogP contribution in [-0.4, -0.2) is 22.8 Å². The van der Waals surface area contributed by atoms with E-state index in [0.29, 0.717) is 23.5 Å². The van der Waals surface area contributed by atoms with Gasteiger partial charge in [0.25, 0.3) is 0 Å². The minimum atomic E-state index is -0.401. The van der Waals surface area contributed by atoms with Crippen LogP contribution in [0.15, 0.2) is 11.6 Å². The SMILES string of the molecule is CC12CCC3C(C)(C)C(=O)CCC3(C)C1CCC1C(=CC(=O)C3C(C)(C)C(O)CCC13C)C2. The van der Waals surface area contributed by atoms with Gasteiger partial charge in [-0.2, -0.15) is 0 Å². The zero-order valence-electron chi connectivity index (χ0n) is 22.1. The van der Waals surface area contributed by atoms with Crippen LogP contribution in [0.3, 0.4) is 0 Å². The van der Waals surface area contributed by atoms with Crippen molar-refractivity contribution in [2.45, 2.75) is 112 Å². The summed E-state index contributed by atoms with van der Waals surface area (Å²) in [5.74, 6) is 2.13. The Morgan fingerprint density at radius 3 is 2.21 bits per heavy atom. The van der Waals surface area contributed by atoms with Crippen LogP contribution >= 0.6 is 0 Å². The van der Waals surface area contributed by atoms with E-state index in [0.717, 1.165) is 51.4 Å². The van der Waals surface area contributed by atoms with Gasteiger partial charge in [-0.15, -0.1) is 0 Å². The molecule has 0 aromatic heterocycles. The molecule has 8 atom stereocenters. The second-order valence-electron chi connectivity index (χ2n) is 14.7. The predicted molar refractivity (Wildman–Crippen MR) is 131 cm³/mol. The topological polar surface area (TPSA) is 54.4 Å². The number of rotatable bonds is 0. The number of Topliss-reactive ketones (excluding diaryl/α,β-unsaturated/α-hetero) is 1. The number of hydrogen-bond acceptors (Lipinski definition) is 3. The standard InChI is InChI=1S/C30H46O3/c1-26(2)21-10-13-28(5)17-18-16-20(31)25-27(3,4)24(33)11-14-29(25,6)19(18)8-9-22(28)30(21,7)15-12-23(26)32/h16,19,21-22,24-25,33H,8-15,17H2,1-7H3. The van der Waals surface area contributed by atoms with Crippen LogP contribution in [0.25, 0.3) is 0 Å². The van der Waals surface area contributed by atoms with E-state index in [4.69, 9.17) is 0 Å². The monoisotopic (exact) mass is 454 g/mol. The zero-order valence-corrected chi connectivity index (χ0v) is 22.1. The number of aliphatic hydroxyl groups is 1. The lowest BCUT2D eigenvalue weighted by atomic mass is 9.42. The number of aliphatic hydroxyl groups excluding tert-OH is 1. The number of carbonyl (C=O) groups excluding carboxylic acids is 2. The molecule has 3 heteroatoms. The molecular weight excluding hydrogens is 408 g/mol. The quantitative estimate of drug-likeness (QED) is 0.453. The molecule has 0 radical (unpaired) electrons. The van der Waals surface area contributed by atoms with Gasteiger partial charge in [0.15, 0.2) is 5.78 Å². The average Bonchev–Trinajstić information content (AvgIpc) is 2.85. The number of ketones is 2. The van der Waals surface area contributed by atoms with Crippen molar-refractivity contribution in [3.05, 3.63) is 11.6 Å². The maximum Gasteiger partial charge on any atom is 0.159 e. The Hall–Kier alpha value is -0.960. The molecule has 0 aliphatic heterocycles. The van der Waals surface area contributed by atoms with Crippen molar-refractivity contribution in [3.8, 4) is 0 Å². The van der Waals surface area contributed by atoms with E-state index in [2.05, 4.69) is 48.5 Å². The maximum atomic E-state index is 13.6. The van der Waals surface area contributed by atoms with Crippen molar-refractivity contribution in [2.75, 3.05) is 0 Å². The molecular formula is C30H46O3. The van der Waals surface area contributed by atoms with Crippen LogP contribution in [0.4, 0.5) is 0 Å². The first-order valence-corrected chi connectivity index (χ1v) is 13.6. The first kappa shape index (κ1) is 23.8. The van der Waals surface area contributed by atoms with Crippen molar-refractivity contribution in [2.24, 2.45) is 50.7 Å². The fourth-order valence-electron chi connectivity index (χ4n) is 10.7. The second kappa shape index (κ2) is 7.05. The highest BCUT2D eigenvalue weighted by atomic mass is 16.3. The van der Waals surface area contributed by atoms with Crippen LogP contribution in [0, 0.1) is 50.7 Å². The summed E-state index contributed by atoms with van der Waals surface area (Å²) in [6.07, 6.45) is 10.8. The third-order valence-corrected chi connectivity index (χ3v) is 12.3. The minimum absolute atomic E-state index is 0.0597. The number of carbonyl (C=O) groups is 2. The molecule has 4 fully saturated rings. The molecule has 5 rings (SSSR count). The van der Waals surface area contributed by atoms with Crippen LogP contribution in [-0.2, 0) is 9.59 Å². The lowest BCUT2D eigenvalue weighted by molar-refractivity contribution is -0.159. The molecule has 184 valence electrons. The van der Waals surface area contributed by atoms with Gasteiger partial charge in [-0.3, -0.25) is 9.59 Å². The lowest BCUT2D eigenvalue weighted by Gasteiger charge is -2.62. The summed E-state index contributed by atoms with van der Waals surface area (Å²) in [7, 11) is 0. The maximum absolute atomic E-state index is 13.6. The van der Waals surface area contributed by atoms with Crippen molar-refractivity contribution >= 4 is 11.6 Å². The number of fused-ring (bicyclic) bond motifs is 6. The third-order valence-electron chi connectivity index (χ3n) is 12.3. The van der Waals surface area contributed by atoms with Gasteiger partial charge >= 0.3 is 0 Å². The van der Waals surface area contributed by atoms with Crippen LogP contribution in [0.1, 0.15) is 106 Å². The van der Waals surface area contributed by atoms with Gasteiger partial charge in [0, 0.05) is 23.2 Å². The molecule has 5 aliphatic rings. The molecule has 0 saturated heterocycles. The van der Waals surface area contributed by atoms with Crippen molar-refractivity contribution in [1.29, 1.82) is 0 Å². The summed E-state index contributed by atoms with van der Waals surface area (Å²) in [5, 5.41) is 10.8. The van der Waals surface area contributed by atoms with E-state index in [1.165, 1.54) is 12.0 Å². The predicted octanol–water partition coefficient (Wildman–Crippen LogP) is 6.53. The minimum Gasteiger partial charge on any atom is -0.393 e. The number of allylic oxidation sites excluding steroid dienone is 2. The van der Waals surface area contributed by atoms with E-state index < -0.39 is 6.10 Å². The van der Waals surface area contributed by atoms with E-state index in [1.807, 2.05) is 6.08 Å². The zero-order chi connectivity index (χ0) is 24.2. The van der Waals surface area contributed by atoms with E-state index >= 15 is 0 Å². The van der Waals surface area contributed by atoms with Crippen LogP contribution in [0.5, 0.6) is 0 Å². The molecule has 4 saturated carbocycles. The molecule has 33 heavy (non-hydrogen) atoms. The Bertz CT molecular complexity index is 912. The van der Waals surface area contributed by atoms with Crippen LogP contribution < -0.4 is 0 Å². The van der Waals surface area contributed by atoms with Crippen LogP contribution in [0.2, 0.25) is 0 Å². The number of hydrogen-bond donors (Lipinski definition) is 1. The molecule has 0 heterocycles. The smallest absolute Gasteiger partial charge is 0.159 e. The van der Waals surface area contributed by atoms with Gasteiger partial charge in [-0.1, -0.05) is 54.0 Å². The lowest BCUT2D eigenvalue weighted by Crippen LogP contribution is -2.57. The Balaban J connectivity index is 1.55. The molecule has 1 N–H and O–H groups in total. The van der Waals surface area contributed by atoms with E-state index in [-0.39, 0.29) is 38.8 Å². The summed E-state index contributed by atoms with van der Waals surface area (Å²) >= 11 is 0. The highest BCUT2D eigenvalue weighted by Gasteiger charge is 2.64. The van der Waals surface area contributed by atoms with Gasteiger partial charge in [-0.05, 0) is 91.4 Å². The fraction of sp³-hybridized carbons (Fsp3) is 0.867. The molecule has 3 nitrogen and oxygen atoms in total. The van der Waals surface area contributed by atoms with E-state index in [1.54, 1.807) is 0 Å². The Morgan fingerprint density at radius 1 is 0.818 bits per heavy atom. The highest BCUT2D eigenvalue weighted by molar-refractivity contribution is 5.95. The first-order chi connectivity index (χ1) is 15.2. The average molecular weight is 455 g/mol. The molecule has 0 bridgehead atoms. The van der Waals surface area contributed by atoms with Crippen molar-refractivity contribution in [3.63, 3.8) is 0 Å². The summed E-state index contributed by atoms with van der Waals surface area (Å²) in [5.41, 5.74) is 1.16. The Kier molecular flexibility index (Phi) is 5.08. The molecule has 5 aliphatic carbocycles. The molecule has 8 unspecified atom stereocenters. The molecule has 0 aromatic carbocycles. The highest BCUT2D eigenvalue weighted by Crippen LogP contribution is 2.69. The normalized spacial score (nSPS) is 50.8. The fourth-order valence-corrected chi connectivity index (χ4v) is 10.7. The molecule has 0 spiro atoms.